The van der Waals surface area contributed by atoms with Crippen LogP contribution in [-0.4, -0.2) is 125 Å². The minimum atomic E-state index is -2.39. The summed E-state index contributed by atoms with van der Waals surface area (Å²) in [4.78, 5) is 0. The average molecular weight is 1630 g/mol. The summed E-state index contributed by atoms with van der Waals surface area (Å²) in [5.41, 5.74) is 0.141. The Labute approximate surface area is 687 Å². The first-order valence-corrected chi connectivity index (χ1v) is 57.0. The molecule has 0 aliphatic rings. The minimum Gasteiger partial charge on any atom is -0.423 e. The normalized spacial score (nSPS) is 12.0. The first-order valence-electron chi connectivity index (χ1n) is 47.9. The lowest BCUT2D eigenvalue weighted by molar-refractivity contribution is 0.0698. The van der Waals surface area contributed by atoms with Crippen molar-refractivity contribution < 1.29 is 53.1 Å². The van der Waals surface area contributed by atoms with Gasteiger partial charge in [-0.2, -0.15) is 0 Å². The molecule has 0 aromatic carbocycles. The monoisotopic (exact) mass is 1630 g/mol. The summed E-state index contributed by atoms with van der Waals surface area (Å²) in [7, 11) is -2.96. The van der Waals surface area contributed by atoms with Crippen molar-refractivity contribution in [2.45, 2.75) is 519 Å². The molecule has 658 valence electrons. The van der Waals surface area contributed by atoms with Crippen LogP contribution in [-0.2, 0) is 53.1 Å². The summed E-state index contributed by atoms with van der Waals surface area (Å²) in [6.07, 6.45) is 81.8. The third kappa shape index (κ3) is 86.0. The van der Waals surface area contributed by atoms with Gasteiger partial charge in [0.2, 0.25) is 0 Å². The van der Waals surface area contributed by atoms with Gasteiger partial charge in [-0.15, -0.1) is 0 Å². The molecule has 0 aromatic rings. The quantitative estimate of drug-likeness (QED) is 0.0427. The fraction of sp³-hybridized carbons (Fsp3) is 1.00. The predicted molar refractivity (Wildman–Crippen MR) is 488 cm³/mol. The molecule has 0 heterocycles. The van der Waals surface area contributed by atoms with Crippen molar-refractivity contribution in [3.63, 3.8) is 0 Å². The van der Waals surface area contributed by atoms with Crippen molar-refractivity contribution in [2.24, 2.45) is 0 Å². The van der Waals surface area contributed by atoms with E-state index in [0.717, 1.165) is 54.3 Å². The molecule has 0 N–H and O–H groups in total. The Kier molecular flexibility index (Phi) is 103. The van der Waals surface area contributed by atoms with Gasteiger partial charge in [-0.05, 0) is 108 Å². The van der Waals surface area contributed by atoms with Crippen LogP contribution in [0.3, 0.4) is 0 Å². The molecule has 0 rings (SSSR count). The second-order valence-electron chi connectivity index (χ2n) is 31.7. The lowest BCUT2D eigenvalue weighted by Crippen LogP contribution is -2.45. The van der Waals surface area contributed by atoms with Gasteiger partial charge in [0, 0.05) is 97.9 Å². The van der Waals surface area contributed by atoms with E-state index in [1.807, 2.05) is 41.5 Å². The zero-order valence-electron chi connectivity index (χ0n) is 77.6. The fourth-order valence-electron chi connectivity index (χ4n) is 14.3. The van der Waals surface area contributed by atoms with Crippen LogP contribution in [0.15, 0.2) is 0 Å². The maximum absolute atomic E-state index is 5.89. The zero-order chi connectivity index (χ0) is 81.2. The van der Waals surface area contributed by atoms with Crippen molar-refractivity contribution in [1.82, 2.24) is 0 Å². The van der Waals surface area contributed by atoms with Crippen LogP contribution in [0.5, 0.6) is 0 Å². The Morgan fingerprint density at radius 2 is 0.361 bits per heavy atom. The van der Waals surface area contributed by atoms with Gasteiger partial charge in [-0.25, -0.2) is 0 Å². The van der Waals surface area contributed by atoms with E-state index < -0.39 is 35.0 Å². The van der Waals surface area contributed by atoms with E-state index in [2.05, 4.69) is 68.9 Å². The van der Waals surface area contributed by atoms with Gasteiger partial charge in [-0.1, -0.05) is 388 Å². The standard InChI is InChI=1S/C21H46OSi.C19H42O3Si.C18H40O3Si.C17H38O2Si.C16H36O3Si/c1-4-5-6-7-8-9-10-11-12-13-14-15-16-17-18-19-20-21(2,3)22-23;1-5-6-7-8-9-10-11-12-13-14-15-16-17-18-19-23(20-2,21-3)22-4;1-5-9-10-11-12-13-14-15-16-17-18-22(19-6-2,20-7-3)21-8-4;1-5-8-9-10-11-12-13-14-15-16-17-20(4,18-6-2)19-7-3;1-5-9-10-11-12-13-14-15-16-20(17-6-2,18-7-3)19-8-4/h4-20H2,1-3,23H3;5-19H2,1-4H3;5-18H2,1-4H3;5-17H2,1-4H3;5-16H2,1-4H3. The molecular weight excluding hydrogens is 1430 g/mol. The highest BCUT2D eigenvalue weighted by atomic mass is 28.4. The molecule has 0 aliphatic heterocycles. The molecule has 0 spiro atoms. The summed E-state index contributed by atoms with van der Waals surface area (Å²) in [5, 5.41) is 0. The smallest absolute Gasteiger partial charge is 0.423 e. The molecule has 0 saturated heterocycles. The van der Waals surface area contributed by atoms with Crippen LogP contribution in [0.2, 0.25) is 30.7 Å². The molecule has 0 saturated carbocycles. The highest BCUT2D eigenvalue weighted by Crippen LogP contribution is 2.26. The molecule has 0 unspecified atom stereocenters. The summed E-state index contributed by atoms with van der Waals surface area (Å²) in [6.45, 7) is 40.0. The van der Waals surface area contributed by atoms with Crippen LogP contribution in [0.25, 0.3) is 0 Å². The van der Waals surface area contributed by atoms with Crippen molar-refractivity contribution in [3.05, 3.63) is 0 Å². The van der Waals surface area contributed by atoms with Gasteiger partial charge >= 0.3 is 35.0 Å². The third-order valence-electron chi connectivity index (χ3n) is 21.2. The molecule has 12 nitrogen and oxygen atoms in total. The fourth-order valence-corrected chi connectivity index (χ4v) is 24.2. The van der Waals surface area contributed by atoms with E-state index in [-0.39, 0.29) is 5.60 Å². The Balaban J connectivity index is -0.000000410. The van der Waals surface area contributed by atoms with E-state index in [1.54, 1.807) is 21.3 Å². The van der Waals surface area contributed by atoms with E-state index in [9.17, 15) is 0 Å². The molecule has 0 radical (unpaired) electrons. The SMILES string of the molecule is CCCCCCCCCCCCCCCCCCC(C)(C)O[SiH3].CCCCCCCCCCCCCCCC[Si](OC)(OC)OC.CCCCCCCCCCCC[Si](C)(OCC)OCC.CCCCCCCCCCCC[Si](OCC)(OCC)OCC.CCCCCCCCCC[Si](OCC)(OCC)OCC. The van der Waals surface area contributed by atoms with Crippen LogP contribution >= 0.6 is 0 Å². The van der Waals surface area contributed by atoms with E-state index >= 15 is 0 Å². The van der Waals surface area contributed by atoms with Crippen molar-refractivity contribution in [1.29, 1.82) is 0 Å². The minimum absolute atomic E-state index is 0.141. The van der Waals surface area contributed by atoms with Gasteiger partial charge in [0.25, 0.3) is 0 Å². The van der Waals surface area contributed by atoms with Crippen molar-refractivity contribution in [2.75, 3.05) is 74.2 Å². The van der Waals surface area contributed by atoms with Gasteiger partial charge in [-0.3, -0.25) is 0 Å². The van der Waals surface area contributed by atoms with Gasteiger partial charge in [0.1, 0.15) is 10.5 Å². The molecule has 17 heteroatoms. The molecule has 0 bridgehead atoms. The number of rotatable bonds is 83. The second kappa shape index (κ2) is 94.8. The van der Waals surface area contributed by atoms with E-state index in [0.29, 0.717) is 39.6 Å². The van der Waals surface area contributed by atoms with Gasteiger partial charge in [0.15, 0.2) is 0 Å². The maximum atomic E-state index is 5.89. The average Bonchev–Trinajstić information content (AvgIpc) is 0.835. The number of hydrogen-bond donors (Lipinski definition) is 0. The highest BCUT2D eigenvalue weighted by Gasteiger charge is 2.41. The molecule has 0 fully saturated rings. The molecule has 0 aromatic heterocycles. The Morgan fingerprint density at radius 1 is 0.204 bits per heavy atom. The molecule has 108 heavy (non-hydrogen) atoms. The predicted octanol–water partition coefficient (Wildman–Crippen LogP) is 30.2. The zero-order valence-corrected chi connectivity index (χ0v) is 83.6. The Hall–Kier alpha value is 0.604. The first-order chi connectivity index (χ1) is 52.5. The van der Waals surface area contributed by atoms with Gasteiger partial charge in [0.05, 0.1) is 0 Å². The lowest BCUT2D eigenvalue weighted by Gasteiger charge is -2.28. The van der Waals surface area contributed by atoms with E-state index in [4.69, 9.17) is 53.1 Å². The van der Waals surface area contributed by atoms with Crippen LogP contribution in [0.1, 0.15) is 483 Å². The highest BCUT2D eigenvalue weighted by molar-refractivity contribution is 6.66. The maximum Gasteiger partial charge on any atom is 0.500 e. The van der Waals surface area contributed by atoms with Crippen LogP contribution < -0.4 is 0 Å². The molecule has 0 aliphatic carbocycles. The third-order valence-corrected chi connectivity index (χ3v) is 34.5. The lowest BCUT2D eigenvalue weighted by atomic mass is 9.99. The van der Waals surface area contributed by atoms with Crippen molar-refractivity contribution >= 4 is 45.5 Å². The number of unbranched alkanes of at least 4 members (excludes halogenated alkanes) is 53. The number of hydrogen-bond acceptors (Lipinski definition) is 12. The second-order valence-corrected chi connectivity index (χ2v) is 44.0. The van der Waals surface area contributed by atoms with Gasteiger partial charge < -0.3 is 53.1 Å². The molecule has 0 atom stereocenters. The largest absolute Gasteiger partial charge is 0.500 e. The molecule has 0 amide bonds. The van der Waals surface area contributed by atoms with E-state index in [1.165, 1.54) is 372 Å². The van der Waals surface area contributed by atoms with Crippen molar-refractivity contribution in [3.8, 4) is 0 Å². The Morgan fingerprint density at radius 3 is 0.528 bits per heavy atom. The summed E-state index contributed by atoms with van der Waals surface area (Å²) >= 11 is 0. The summed E-state index contributed by atoms with van der Waals surface area (Å²) in [6, 6.07) is 4.04. The van der Waals surface area contributed by atoms with Crippen LogP contribution in [0.4, 0.5) is 0 Å². The van der Waals surface area contributed by atoms with Crippen LogP contribution in [0, 0.1) is 0 Å². The molecular formula is C91H202O12Si5. The Bertz CT molecular complexity index is 1560. The topological polar surface area (TPSA) is 111 Å². The first kappa shape index (κ1) is 117. The summed E-state index contributed by atoms with van der Waals surface area (Å²) in [5.74, 6) is 0. The summed E-state index contributed by atoms with van der Waals surface area (Å²) < 4.78 is 68.9.